The molecule has 152 valence electrons. The Labute approximate surface area is 174 Å². The van der Waals surface area contributed by atoms with Gasteiger partial charge in [0.2, 0.25) is 11.1 Å². The summed E-state index contributed by atoms with van der Waals surface area (Å²) in [5.74, 6) is 8.21. The molecule has 0 saturated carbocycles. The molecule has 29 heavy (non-hydrogen) atoms. The van der Waals surface area contributed by atoms with E-state index < -0.39 is 0 Å². The number of hydrogen-bond donors (Lipinski definition) is 2. The molecule has 1 heterocycles. The van der Waals surface area contributed by atoms with E-state index in [9.17, 15) is 4.79 Å². The van der Waals surface area contributed by atoms with Crippen LogP contribution in [0.5, 0.6) is 11.5 Å². The zero-order valence-electron chi connectivity index (χ0n) is 17.0. The van der Waals surface area contributed by atoms with Gasteiger partial charge in [0.05, 0.1) is 5.75 Å². The van der Waals surface area contributed by atoms with Crippen LogP contribution in [0.2, 0.25) is 0 Å². The molecule has 0 aliphatic rings. The van der Waals surface area contributed by atoms with Gasteiger partial charge < -0.3 is 15.9 Å². The van der Waals surface area contributed by atoms with Gasteiger partial charge in [-0.3, -0.25) is 4.79 Å². The number of nitrogens with two attached hydrogens (primary N) is 1. The van der Waals surface area contributed by atoms with Gasteiger partial charge in [0.1, 0.15) is 11.5 Å². The highest BCUT2D eigenvalue weighted by Gasteiger charge is 2.23. The first-order valence-electron chi connectivity index (χ1n) is 9.20. The molecule has 3 rings (SSSR count). The third kappa shape index (κ3) is 5.51. The number of amides is 1. The maximum Gasteiger partial charge on any atom is 0.234 e. The van der Waals surface area contributed by atoms with Crippen LogP contribution in [0.25, 0.3) is 0 Å². The Hall–Kier alpha value is -3.00. The predicted molar refractivity (Wildman–Crippen MR) is 116 cm³/mol. The Morgan fingerprint density at radius 2 is 1.66 bits per heavy atom. The Morgan fingerprint density at radius 1 is 1.07 bits per heavy atom. The van der Waals surface area contributed by atoms with Crippen LogP contribution in [0, 0.1) is 6.92 Å². The molecule has 0 saturated heterocycles. The zero-order chi connectivity index (χ0) is 21.0. The number of nitrogens with one attached hydrogen (secondary N) is 1. The monoisotopic (exact) mass is 411 g/mol. The maximum atomic E-state index is 12.2. The molecule has 0 bridgehead atoms. The van der Waals surface area contributed by atoms with Crippen LogP contribution in [0.1, 0.15) is 32.2 Å². The number of nitrogens with zero attached hydrogens (tertiary/aromatic N) is 3. The van der Waals surface area contributed by atoms with Crippen LogP contribution in [0.4, 0.5) is 5.69 Å². The average molecular weight is 412 g/mol. The molecule has 0 aliphatic heterocycles. The van der Waals surface area contributed by atoms with Gasteiger partial charge in [0.15, 0.2) is 5.82 Å². The van der Waals surface area contributed by atoms with Crippen LogP contribution < -0.4 is 15.9 Å². The average Bonchev–Trinajstić information content (AvgIpc) is 3.04. The minimum atomic E-state index is -0.217. The van der Waals surface area contributed by atoms with E-state index in [4.69, 9.17) is 10.6 Å². The van der Waals surface area contributed by atoms with Crippen molar-refractivity contribution in [3.05, 3.63) is 59.9 Å². The molecule has 0 spiro atoms. The SMILES string of the molecule is Cc1ccc(Oc2ccc(NC(=O)CSc3nnc(C(C)(C)C)n3N)cc2)cc1. The molecular weight excluding hydrogens is 386 g/mol. The van der Waals surface area contributed by atoms with Gasteiger partial charge >= 0.3 is 0 Å². The first-order valence-corrected chi connectivity index (χ1v) is 10.2. The summed E-state index contributed by atoms with van der Waals surface area (Å²) >= 11 is 1.25. The van der Waals surface area contributed by atoms with E-state index in [-0.39, 0.29) is 17.1 Å². The van der Waals surface area contributed by atoms with Gasteiger partial charge in [0, 0.05) is 11.1 Å². The number of carbonyl (C=O) groups excluding carboxylic acids is 1. The van der Waals surface area contributed by atoms with E-state index >= 15 is 0 Å². The molecule has 3 N–H and O–H groups in total. The van der Waals surface area contributed by atoms with E-state index in [0.717, 1.165) is 5.75 Å². The summed E-state index contributed by atoms with van der Waals surface area (Å²) in [5, 5.41) is 11.6. The number of aryl methyl sites for hydroxylation is 1. The number of nitrogen functional groups attached to an aromatic ring is 1. The highest BCUT2D eigenvalue weighted by Crippen LogP contribution is 2.25. The Morgan fingerprint density at radius 3 is 2.21 bits per heavy atom. The highest BCUT2D eigenvalue weighted by atomic mass is 32.2. The molecule has 0 aliphatic carbocycles. The molecule has 2 aromatic carbocycles. The number of aromatic nitrogens is 3. The lowest BCUT2D eigenvalue weighted by Gasteiger charge is -2.16. The minimum Gasteiger partial charge on any atom is -0.457 e. The largest absolute Gasteiger partial charge is 0.457 e. The van der Waals surface area contributed by atoms with E-state index in [0.29, 0.717) is 22.4 Å². The Kier molecular flexibility index (Phi) is 6.12. The predicted octanol–water partition coefficient (Wildman–Crippen LogP) is 4.12. The number of carbonyl (C=O) groups is 1. The molecule has 0 unspecified atom stereocenters. The molecule has 1 amide bonds. The molecule has 0 atom stereocenters. The smallest absolute Gasteiger partial charge is 0.234 e. The van der Waals surface area contributed by atoms with Gasteiger partial charge in [-0.05, 0) is 43.3 Å². The van der Waals surface area contributed by atoms with Crippen molar-refractivity contribution in [2.45, 2.75) is 38.3 Å². The maximum absolute atomic E-state index is 12.2. The lowest BCUT2D eigenvalue weighted by molar-refractivity contribution is -0.113. The summed E-state index contributed by atoms with van der Waals surface area (Å²) in [7, 11) is 0. The molecule has 0 radical (unpaired) electrons. The number of hydrogen-bond acceptors (Lipinski definition) is 6. The summed E-state index contributed by atoms with van der Waals surface area (Å²) in [5.41, 5.74) is 1.65. The summed E-state index contributed by atoms with van der Waals surface area (Å²) in [6, 6.07) is 15.1. The number of anilines is 1. The minimum absolute atomic E-state index is 0.150. The molecule has 1 aromatic heterocycles. The van der Waals surface area contributed by atoms with Crippen molar-refractivity contribution < 1.29 is 9.53 Å². The number of thioether (sulfide) groups is 1. The van der Waals surface area contributed by atoms with E-state index in [1.54, 1.807) is 12.1 Å². The van der Waals surface area contributed by atoms with Crippen molar-refractivity contribution in [2.24, 2.45) is 0 Å². The second-order valence-corrected chi connectivity index (χ2v) is 8.65. The van der Waals surface area contributed by atoms with E-state index in [1.807, 2.05) is 64.1 Å². The Bertz CT molecular complexity index is 976. The molecule has 7 nitrogen and oxygen atoms in total. The summed E-state index contributed by atoms with van der Waals surface area (Å²) < 4.78 is 7.23. The van der Waals surface area contributed by atoms with Crippen LogP contribution >= 0.6 is 11.8 Å². The van der Waals surface area contributed by atoms with E-state index in [1.165, 1.54) is 22.0 Å². The van der Waals surface area contributed by atoms with Crippen LogP contribution in [-0.2, 0) is 10.2 Å². The van der Waals surface area contributed by atoms with Gasteiger partial charge in [-0.25, -0.2) is 4.68 Å². The van der Waals surface area contributed by atoms with Gasteiger partial charge in [-0.1, -0.05) is 50.2 Å². The molecule has 8 heteroatoms. The van der Waals surface area contributed by atoms with Crippen LogP contribution in [0.15, 0.2) is 53.7 Å². The van der Waals surface area contributed by atoms with Crippen molar-refractivity contribution in [1.82, 2.24) is 14.9 Å². The quantitative estimate of drug-likeness (QED) is 0.468. The lowest BCUT2D eigenvalue weighted by Crippen LogP contribution is -2.24. The molecule has 0 fully saturated rings. The fourth-order valence-corrected chi connectivity index (χ4v) is 3.22. The molecule has 3 aromatic rings. The zero-order valence-corrected chi connectivity index (χ0v) is 17.8. The summed E-state index contributed by atoms with van der Waals surface area (Å²) in [6.45, 7) is 8.05. The Balaban J connectivity index is 1.53. The van der Waals surface area contributed by atoms with Gasteiger partial charge in [-0.2, -0.15) is 0 Å². The number of benzene rings is 2. The fourth-order valence-electron chi connectivity index (χ4n) is 2.56. The standard InChI is InChI=1S/C21H25N5O2S/c1-14-5-9-16(10-6-14)28-17-11-7-15(8-12-17)23-18(27)13-29-20-25-24-19(26(20)22)21(2,3)4/h5-12H,13,22H2,1-4H3,(H,23,27). The van der Waals surface area contributed by atoms with Crippen LogP contribution in [-0.4, -0.2) is 26.5 Å². The van der Waals surface area contributed by atoms with Crippen molar-refractivity contribution >= 4 is 23.4 Å². The fraction of sp³-hybridized carbons (Fsp3) is 0.286. The van der Waals surface area contributed by atoms with Gasteiger partial charge in [0.25, 0.3) is 0 Å². The highest BCUT2D eigenvalue weighted by molar-refractivity contribution is 7.99. The second-order valence-electron chi connectivity index (χ2n) is 7.70. The molecular formula is C21H25N5O2S. The number of rotatable bonds is 6. The first-order chi connectivity index (χ1) is 13.7. The van der Waals surface area contributed by atoms with Gasteiger partial charge in [-0.15, -0.1) is 10.2 Å². The second kappa shape index (κ2) is 8.57. The van der Waals surface area contributed by atoms with Crippen LogP contribution in [0.3, 0.4) is 0 Å². The topological polar surface area (TPSA) is 95.1 Å². The summed E-state index contributed by atoms with van der Waals surface area (Å²) in [6.07, 6.45) is 0. The van der Waals surface area contributed by atoms with Crippen molar-refractivity contribution in [3.8, 4) is 11.5 Å². The van der Waals surface area contributed by atoms with Crippen molar-refractivity contribution in [3.63, 3.8) is 0 Å². The lowest BCUT2D eigenvalue weighted by atomic mass is 9.96. The number of ether oxygens (including phenoxy) is 1. The van der Waals surface area contributed by atoms with Crippen molar-refractivity contribution in [2.75, 3.05) is 16.9 Å². The van der Waals surface area contributed by atoms with E-state index in [2.05, 4.69) is 15.5 Å². The van der Waals surface area contributed by atoms with Crippen molar-refractivity contribution in [1.29, 1.82) is 0 Å². The third-order valence-electron chi connectivity index (χ3n) is 4.06. The first kappa shape index (κ1) is 20.7. The normalized spacial score (nSPS) is 11.3. The third-order valence-corrected chi connectivity index (χ3v) is 5.01. The summed E-state index contributed by atoms with van der Waals surface area (Å²) in [4.78, 5) is 12.2.